The number of hydrogen-bond donors (Lipinski definition) is 0. The molecule has 0 radical (unpaired) electrons. The minimum absolute atomic E-state index is 1.08. The topological polar surface area (TPSA) is 12.9 Å². The van der Waals surface area contributed by atoms with Gasteiger partial charge in [-0.1, -0.05) is 24.3 Å². The van der Waals surface area contributed by atoms with Crippen LogP contribution in [0, 0.1) is 0 Å². The molecule has 72 valence electrons. The molecule has 1 aliphatic rings. The maximum Gasteiger partial charge on any atom is 0.0273 e. The first-order chi connectivity index (χ1) is 7.43. The normalized spacial score (nSPS) is 12.8. The average Bonchev–Trinajstić information content (AvgIpc) is 2.77. The molecule has 1 aliphatic carbocycles. The lowest BCUT2D eigenvalue weighted by molar-refractivity contribution is 1.30. The highest BCUT2D eigenvalue weighted by atomic mass is 14.6. The van der Waals surface area contributed by atoms with Crippen LogP contribution in [0.15, 0.2) is 48.8 Å². The number of benzene rings is 1. The molecule has 0 saturated carbocycles. The van der Waals surface area contributed by atoms with Gasteiger partial charge in [-0.05, 0) is 46.9 Å². The number of fused-ring (bicyclic) bond motifs is 1. The zero-order valence-electron chi connectivity index (χ0n) is 8.35. The molecule has 0 spiro atoms. The van der Waals surface area contributed by atoms with E-state index in [1.165, 1.54) is 22.3 Å². The van der Waals surface area contributed by atoms with Crippen molar-refractivity contribution >= 4 is 6.08 Å². The highest BCUT2D eigenvalue weighted by Gasteiger charge is 2.05. The van der Waals surface area contributed by atoms with Crippen LogP contribution in [0.3, 0.4) is 0 Å². The molecule has 0 N–H and O–H groups in total. The van der Waals surface area contributed by atoms with Gasteiger partial charge in [0.25, 0.3) is 0 Å². The average molecular weight is 193 g/mol. The third-order valence-electron chi connectivity index (χ3n) is 2.79. The largest absolute Gasteiger partial charge is 0.265 e. The van der Waals surface area contributed by atoms with E-state index in [-0.39, 0.29) is 0 Å². The first-order valence-corrected chi connectivity index (χ1v) is 5.13. The Morgan fingerprint density at radius 1 is 0.933 bits per heavy atom. The number of rotatable bonds is 1. The molecule has 0 aliphatic heterocycles. The number of nitrogens with zero attached hydrogens (tertiary/aromatic N) is 1. The van der Waals surface area contributed by atoms with E-state index >= 15 is 0 Å². The number of pyridine rings is 1. The van der Waals surface area contributed by atoms with Gasteiger partial charge in [-0.25, -0.2) is 0 Å². The Hall–Kier alpha value is -1.89. The first kappa shape index (κ1) is 8.42. The van der Waals surface area contributed by atoms with Gasteiger partial charge < -0.3 is 0 Å². The lowest BCUT2D eigenvalue weighted by Crippen LogP contribution is -1.84. The standard InChI is InChI=1S/C14H11N/c1-2-11-4-5-14(10-13(11)3-1)12-6-8-15-9-7-12/h1,3-10H,2H2. The molecule has 1 heteroatoms. The van der Waals surface area contributed by atoms with Gasteiger partial charge in [0.1, 0.15) is 0 Å². The second-order valence-corrected chi connectivity index (χ2v) is 3.76. The Bertz CT molecular complexity index is 512. The summed E-state index contributed by atoms with van der Waals surface area (Å²) in [5, 5.41) is 0. The van der Waals surface area contributed by atoms with Crippen molar-refractivity contribution in [3.05, 3.63) is 59.9 Å². The van der Waals surface area contributed by atoms with Crippen LogP contribution in [0.4, 0.5) is 0 Å². The van der Waals surface area contributed by atoms with Crippen molar-refractivity contribution in [3.8, 4) is 11.1 Å². The number of hydrogen-bond acceptors (Lipinski definition) is 1. The van der Waals surface area contributed by atoms with E-state index < -0.39 is 0 Å². The predicted molar refractivity (Wildman–Crippen MR) is 62.4 cm³/mol. The molecule has 0 atom stereocenters. The fraction of sp³-hybridized carbons (Fsp3) is 0.0714. The summed E-state index contributed by atoms with van der Waals surface area (Å²) in [5.41, 5.74) is 5.27. The summed E-state index contributed by atoms with van der Waals surface area (Å²) in [7, 11) is 0. The van der Waals surface area contributed by atoms with Gasteiger partial charge >= 0.3 is 0 Å². The fourth-order valence-corrected chi connectivity index (χ4v) is 1.97. The van der Waals surface area contributed by atoms with E-state index in [1.807, 2.05) is 24.5 Å². The molecule has 3 rings (SSSR count). The van der Waals surface area contributed by atoms with Gasteiger partial charge in [0, 0.05) is 12.4 Å². The molecule has 0 bridgehead atoms. The van der Waals surface area contributed by atoms with Crippen LogP contribution in [0.25, 0.3) is 17.2 Å². The SMILES string of the molecule is C1=Cc2cc(-c3ccncc3)ccc2C1. The maximum absolute atomic E-state index is 4.03. The molecule has 1 aromatic carbocycles. The van der Waals surface area contributed by atoms with E-state index in [1.54, 1.807) is 0 Å². The Balaban J connectivity index is 2.11. The second-order valence-electron chi connectivity index (χ2n) is 3.76. The zero-order chi connectivity index (χ0) is 10.1. The Kier molecular flexibility index (Phi) is 1.88. The van der Waals surface area contributed by atoms with Crippen molar-refractivity contribution in [2.75, 3.05) is 0 Å². The zero-order valence-corrected chi connectivity index (χ0v) is 8.35. The summed E-state index contributed by atoms with van der Waals surface area (Å²) >= 11 is 0. The smallest absolute Gasteiger partial charge is 0.0273 e. The highest BCUT2D eigenvalue weighted by molar-refractivity contribution is 5.70. The Morgan fingerprint density at radius 3 is 2.67 bits per heavy atom. The van der Waals surface area contributed by atoms with Crippen LogP contribution in [-0.2, 0) is 6.42 Å². The summed E-state index contributed by atoms with van der Waals surface area (Å²) in [4.78, 5) is 4.03. The highest BCUT2D eigenvalue weighted by Crippen LogP contribution is 2.26. The first-order valence-electron chi connectivity index (χ1n) is 5.13. The van der Waals surface area contributed by atoms with Crippen LogP contribution in [0.1, 0.15) is 11.1 Å². The summed E-state index contributed by atoms with van der Waals surface area (Å²) in [5.74, 6) is 0. The van der Waals surface area contributed by atoms with E-state index in [0.29, 0.717) is 0 Å². The van der Waals surface area contributed by atoms with Gasteiger partial charge in [-0.2, -0.15) is 0 Å². The van der Waals surface area contributed by atoms with E-state index in [0.717, 1.165) is 6.42 Å². The lowest BCUT2D eigenvalue weighted by atomic mass is 10.0. The van der Waals surface area contributed by atoms with E-state index in [9.17, 15) is 0 Å². The minimum atomic E-state index is 1.08. The Morgan fingerprint density at radius 2 is 1.80 bits per heavy atom. The minimum Gasteiger partial charge on any atom is -0.265 e. The second kappa shape index (κ2) is 3.35. The van der Waals surface area contributed by atoms with Crippen molar-refractivity contribution in [2.45, 2.75) is 6.42 Å². The predicted octanol–water partition coefficient (Wildman–Crippen LogP) is 3.32. The molecule has 15 heavy (non-hydrogen) atoms. The number of allylic oxidation sites excluding steroid dienone is 1. The fourth-order valence-electron chi connectivity index (χ4n) is 1.97. The van der Waals surface area contributed by atoms with Crippen molar-refractivity contribution in [1.82, 2.24) is 4.98 Å². The summed E-state index contributed by atoms with van der Waals surface area (Å²) < 4.78 is 0. The monoisotopic (exact) mass is 193 g/mol. The molecule has 0 saturated heterocycles. The maximum atomic E-state index is 4.03. The molecule has 0 amide bonds. The van der Waals surface area contributed by atoms with Gasteiger partial charge in [-0.15, -0.1) is 0 Å². The molecule has 1 nitrogen and oxygen atoms in total. The van der Waals surface area contributed by atoms with Gasteiger partial charge in [0.15, 0.2) is 0 Å². The summed E-state index contributed by atoms with van der Waals surface area (Å²) in [6.07, 6.45) is 9.14. The van der Waals surface area contributed by atoms with Crippen molar-refractivity contribution < 1.29 is 0 Å². The van der Waals surface area contributed by atoms with Gasteiger partial charge in [0.05, 0.1) is 0 Å². The third-order valence-corrected chi connectivity index (χ3v) is 2.79. The lowest BCUT2D eigenvalue weighted by Gasteiger charge is -2.04. The summed E-state index contributed by atoms with van der Waals surface area (Å²) in [6.45, 7) is 0. The van der Waals surface area contributed by atoms with Gasteiger partial charge in [0.2, 0.25) is 0 Å². The Labute approximate surface area is 89.1 Å². The molecule has 1 aromatic heterocycles. The van der Waals surface area contributed by atoms with Crippen LogP contribution in [0.5, 0.6) is 0 Å². The van der Waals surface area contributed by atoms with E-state index in [4.69, 9.17) is 0 Å². The molecule has 1 heterocycles. The number of aromatic nitrogens is 1. The quantitative estimate of drug-likeness (QED) is 0.677. The molecule has 2 aromatic rings. The van der Waals surface area contributed by atoms with E-state index in [2.05, 4.69) is 35.3 Å². The van der Waals surface area contributed by atoms with Crippen molar-refractivity contribution in [1.29, 1.82) is 0 Å². The third kappa shape index (κ3) is 1.46. The van der Waals surface area contributed by atoms with Gasteiger partial charge in [-0.3, -0.25) is 4.98 Å². The van der Waals surface area contributed by atoms with Crippen molar-refractivity contribution in [2.24, 2.45) is 0 Å². The van der Waals surface area contributed by atoms with Crippen LogP contribution < -0.4 is 0 Å². The van der Waals surface area contributed by atoms with Crippen LogP contribution >= 0.6 is 0 Å². The van der Waals surface area contributed by atoms with Crippen LogP contribution in [-0.4, -0.2) is 4.98 Å². The summed E-state index contributed by atoms with van der Waals surface area (Å²) in [6, 6.07) is 10.7. The molecule has 0 fully saturated rings. The molecule has 0 unspecified atom stereocenters. The van der Waals surface area contributed by atoms with Crippen LogP contribution in [0.2, 0.25) is 0 Å². The molecular formula is C14H11N. The van der Waals surface area contributed by atoms with Crippen molar-refractivity contribution in [3.63, 3.8) is 0 Å². The molecular weight excluding hydrogens is 182 g/mol.